The van der Waals surface area contributed by atoms with E-state index in [1.165, 1.54) is 11.1 Å². The lowest BCUT2D eigenvalue weighted by molar-refractivity contribution is -0.136. The Kier molecular flexibility index (Phi) is 4.53. The van der Waals surface area contributed by atoms with Gasteiger partial charge in [0, 0.05) is 19.5 Å². The van der Waals surface area contributed by atoms with Gasteiger partial charge in [-0.1, -0.05) is 29.8 Å². The van der Waals surface area contributed by atoms with E-state index in [-0.39, 0.29) is 23.8 Å². The summed E-state index contributed by atoms with van der Waals surface area (Å²) in [4.78, 5) is 29.2. The number of furan rings is 1. The van der Waals surface area contributed by atoms with Crippen LogP contribution in [-0.4, -0.2) is 34.7 Å². The Labute approximate surface area is 153 Å². The van der Waals surface area contributed by atoms with E-state index in [1.807, 2.05) is 17.0 Å². The summed E-state index contributed by atoms with van der Waals surface area (Å²) in [6.07, 6.45) is 3.91. The largest absolute Gasteiger partial charge is 0.467 e. The summed E-state index contributed by atoms with van der Waals surface area (Å²) in [5.41, 5.74) is 2.41. The number of amides is 2. The van der Waals surface area contributed by atoms with Gasteiger partial charge in [-0.05, 0) is 37.5 Å². The predicted octanol–water partition coefficient (Wildman–Crippen LogP) is 3.30. The highest BCUT2D eigenvalue weighted by atomic mass is 16.3. The second-order valence-electron chi connectivity index (χ2n) is 7.36. The fourth-order valence-corrected chi connectivity index (χ4v) is 4.08. The van der Waals surface area contributed by atoms with Crippen LogP contribution in [0.2, 0.25) is 0 Å². The number of benzene rings is 1. The highest BCUT2D eigenvalue weighted by Crippen LogP contribution is 2.35. The molecule has 5 heteroatoms. The third-order valence-corrected chi connectivity index (χ3v) is 5.49. The van der Waals surface area contributed by atoms with Gasteiger partial charge >= 0.3 is 0 Å². The second-order valence-corrected chi connectivity index (χ2v) is 7.36. The maximum Gasteiger partial charge on any atom is 0.228 e. The van der Waals surface area contributed by atoms with E-state index < -0.39 is 0 Å². The Morgan fingerprint density at radius 2 is 2.04 bits per heavy atom. The average molecular weight is 352 g/mol. The molecule has 2 amide bonds. The van der Waals surface area contributed by atoms with E-state index >= 15 is 0 Å². The summed E-state index contributed by atoms with van der Waals surface area (Å²) in [5, 5.41) is 0. The van der Waals surface area contributed by atoms with Crippen LogP contribution in [0.4, 0.5) is 0 Å². The lowest BCUT2D eigenvalue weighted by atomic mass is 10.0. The number of nitrogens with zero attached hydrogens (tertiary/aromatic N) is 2. The molecule has 0 bridgehead atoms. The van der Waals surface area contributed by atoms with Gasteiger partial charge in [0.25, 0.3) is 0 Å². The maximum atomic E-state index is 13.1. The average Bonchev–Trinajstić information content (AvgIpc) is 3.37. The van der Waals surface area contributed by atoms with E-state index in [1.54, 1.807) is 11.2 Å². The fourth-order valence-electron chi connectivity index (χ4n) is 4.08. The molecule has 26 heavy (non-hydrogen) atoms. The molecule has 1 aromatic heterocycles. The highest BCUT2D eigenvalue weighted by molar-refractivity contribution is 5.89. The zero-order valence-corrected chi connectivity index (χ0v) is 15.1. The van der Waals surface area contributed by atoms with E-state index in [2.05, 4.69) is 31.2 Å². The van der Waals surface area contributed by atoms with Crippen molar-refractivity contribution in [1.82, 2.24) is 9.80 Å². The van der Waals surface area contributed by atoms with Crippen molar-refractivity contribution in [2.45, 2.75) is 38.8 Å². The minimum atomic E-state index is -0.247. The van der Waals surface area contributed by atoms with Gasteiger partial charge in [0.1, 0.15) is 5.76 Å². The molecule has 136 valence electrons. The molecule has 2 aliphatic heterocycles. The minimum absolute atomic E-state index is 0.0332. The number of hydrogen-bond acceptors (Lipinski definition) is 3. The monoisotopic (exact) mass is 352 g/mol. The molecule has 5 nitrogen and oxygen atoms in total. The normalized spacial score (nSPS) is 23.0. The Morgan fingerprint density at radius 1 is 1.23 bits per heavy atom. The van der Waals surface area contributed by atoms with Crippen LogP contribution in [0.25, 0.3) is 0 Å². The van der Waals surface area contributed by atoms with E-state index in [0.717, 1.165) is 25.1 Å². The molecule has 0 spiro atoms. The van der Waals surface area contributed by atoms with Crippen molar-refractivity contribution in [3.05, 3.63) is 59.5 Å². The third kappa shape index (κ3) is 3.26. The first-order chi connectivity index (χ1) is 12.6. The molecule has 2 saturated heterocycles. The predicted molar refractivity (Wildman–Crippen MR) is 97.1 cm³/mol. The molecular weight excluding hydrogens is 328 g/mol. The topological polar surface area (TPSA) is 53.8 Å². The standard InChI is InChI=1S/C21H24N2O3/c1-15-6-8-16(9-7-15)19-5-2-10-23(19)21(25)17-12-20(24)22(13-17)14-18-4-3-11-26-18/h3-4,6-9,11,17,19H,2,5,10,12-14H2,1H3. The van der Waals surface area contributed by atoms with Crippen molar-refractivity contribution in [2.24, 2.45) is 5.92 Å². The second kappa shape index (κ2) is 6.98. The summed E-state index contributed by atoms with van der Waals surface area (Å²) in [7, 11) is 0. The molecule has 2 unspecified atom stereocenters. The molecule has 2 fully saturated rings. The quantitative estimate of drug-likeness (QED) is 0.848. The van der Waals surface area contributed by atoms with E-state index in [0.29, 0.717) is 19.5 Å². The van der Waals surface area contributed by atoms with Crippen molar-refractivity contribution in [2.75, 3.05) is 13.1 Å². The molecule has 0 saturated carbocycles. The van der Waals surface area contributed by atoms with Gasteiger partial charge < -0.3 is 14.2 Å². The van der Waals surface area contributed by atoms with Crippen molar-refractivity contribution in [1.29, 1.82) is 0 Å². The molecule has 2 aromatic rings. The molecule has 0 N–H and O–H groups in total. The summed E-state index contributed by atoms with van der Waals surface area (Å²) < 4.78 is 5.33. The van der Waals surface area contributed by atoms with Gasteiger partial charge in [0.2, 0.25) is 11.8 Å². The first-order valence-corrected chi connectivity index (χ1v) is 9.29. The number of carbonyl (C=O) groups excluding carboxylic acids is 2. The molecular formula is C21H24N2O3. The molecule has 2 atom stereocenters. The molecule has 0 aliphatic carbocycles. The molecule has 0 radical (unpaired) electrons. The van der Waals surface area contributed by atoms with Crippen LogP contribution in [0.5, 0.6) is 0 Å². The Hall–Kier alpha value is -2.56. The first kappa shape index (κ1) is 16.9. The van der Waals surface area contributed by atoms with Gasteiger partial charge in [-0.3, -0.25) is 9.59 Å². The van der Waals surface area contributed by atoms with Crippen molar-refractivity contribution < 1.29 is 14.0 Å². The summed E-state index contributed by atoms with van der Waals surface area (Å²) >= 11 is 0. The smallest absolute Gasteiger partial charge is 0.228 e. The first-order valence-electron chi connectivity index (χ1n) is 9.29. The van der Waals surface area contributed by atoms with E-state index in [4.69, 9.17) is 4.42 Å². The Bertz CT molecular complexity index is 782. The number of rotatable bonds is 4. The van der Waals surface area contributed by atoms with Crippen molar-refractivity contribution in [3.63, 3.8) is 0 Å². The minimum Gasteiger partial charge on any atom is -0.467 e. The van der Waals surface area contributed by atoms with Crippen LogP contribution < -0.4 is 0 Å². The molecule has 1 aromatic carbocycles. The number of likely N-dealkylation sites (tertiary alicyclic amines) is 2. The van der Waals surface area contributed by atoms with Crippen molar-refractivity contribution in [3.8, 4) is 0 Å². The van der Waals surface area contributed by atoms with Gasteiger partial charge in [-0.15, -0.1) is 0 Å². The van der Waals surface area contributed by atoms with Crippen molar-refractivity contribution >= 4 is 11.8 Å². The van der Waals surface area contributed by atoms with E-state index in [9.17, 15) is 9.59 Å². The zero-order valence-electron chi connectivity index (χ0n) is 15.1. The van der Waals surface area contributed by atoms with Crippen LogP contribution in [0.1, 0.15) is 42.2 Å². The van der Waals surface area contributed by atoms with Crippen LogP contribution in [0, 0.1) is 12.8 Å². The lowest BCUT2D eigenvalue weighted by Gasteiger charge is -2.27. The van der Waals surface area contributed by atoms with Crippen LogP contribution in [0.15, 0.2) is 47.1 Å². The highest BCUT2D eigenvalue weighted by Gasteiger charge is 2.40. The van der Waals surface area contributed by atoms with Gasteiger partial charge in [-0.2, -0.15) is 0 Å². The third-order valence-electron chi connectivity index (χ3n) is 5.49. The number of hydrogen-bond donors (Lipinski definition) is 0. The Balaban J connectivity index is 1.45. The SMILES string of the molecule is Cc1ccc(C2CCCN2C(=O)C2CC(=O)N(Cc3ccco3)C2)cc1. The van der Waals surface area contributed by atoms with Gasteiger partial charge in [0.05, 0.1) is 24.8 Å². The van der Waals surface area contributed by atoms with Crippen LogP contribution in [0.3, 0.4) is 0 Å². The number of aryl methyl sites for hydroxylation is 1. The summed E-state index contributed by atoms with van der Waals surface area (Å²) in [6, 6.07) is 12.2. The Morgan fingerprint density at radius 3 is 2.77 bits per heavy atom. The van der Waals surface area contributed by atoms with Gasteiger partial charge in [-0.25, -0.2) is 0 Å². The van der Waals surface area contributed by atoms with Gasteiger partial charge in [0.15, 0.2) is 0 Å². The maximum absolute atomic E-state index is 13.1. The summed E-state index contributed by atoms with van der Waals surface area (Å²) in [5.74, 6) is 0.655. The molecule has 2 aliphatic rings. The fraction of sp³-hybridized carbons (Fsp3) is 0.429. The number of carbonyl (C=O) groups is 2. The van der Waals surface area contributed by atoms with Crippen LogP contribution in [-0.2, 0) is 16.1 Å². The molecule has 3 heterocycles. The molecule has 4 rings (SSSR count). The van der Waals surface area contributed by atoms with Crippen LogP contribution >= 0.6 is 0 Å². The lowest BCUT2D eigenvalue weighted by Crippen LogP contribution is -2.37. The summed E-state index contributed by atoms with van der Waals surface area (Å²) in [6.45, 7) is 3.77. The zero-order chi connectivity index (χ0) is 18.1.